The van der Waals surface area contributed by atoms with Crippen LogP contribution in [-0.2, 0) is 21.2 Å². The number of para-hydroxylation sites is 2. The van der Waals surface area contributed by atoms with Crippen molar-refractivity contribution in [3.63, 3.8) is 0 Å². The van der Waals surface area contributed by atoms with Gasteiger partial charge >= 0.3 is 5.97 Å². The van der Waals surface area contributed by atoms with Crippen LogP contribution in [0.1, 0.15) is 15.9 Å². The van der Waals surface area contributed by atoms with Crippen LogP contribution < -0.4 is 19.7 Å². The minimum atomic E-state index is -4.21. The van der Waals surface area contributed by atoms with E-state index in [9.17, 15) is 23.1 Å². The lowest BCUT2D eigenvalue weighted by molar-refractivity contribution is -0.139. The predicted molar refractivity (Wildman–Crippen MR) is 202 cm³/mol. The van der Waals surface area contributed by atoms with E-state index in [0.29, 0.717) is 22.4 Å². The van der Waals surface area contributed by atoms with E-state index in [1.54, 1.807) is 30.3 Å². The molecule has 0 bridgehead atoms. The van der Waals surface area contributed by atoms with Gasteiger partial charge in [-0.2, -0.15) is 0 Å². The number of rotatable bonds is 12. The first kappa shape index (κ1) is 35.0. The molecule has 0 saturated heterocycles. The smallest absolute Gasteiger partial charge is 0.326 e. The van der Waals surface area contributed by atoms with Gasteiger partial charge in [0.05, 0.1) is 16.1 Å². The molecule has 0 aliphatic rings. The molecule has 0 heterocycles. The maximum atomic E-state index is 13.8. The van der Waals surface area contributed by atoms with Crippen molar-refractivity contribution in [3.05, 3.63) is 150 Å². The van der Waals surface area contributed by atoms with Crippen molar-refractivity contribution in [1.29, 1.82) is 0 Å². The van der Waals surface area contributed by atoms with Crippen LogP contribution in [0.2, 0.25) is 5.02 Å². The number of anilines is 2. The van der Waals surface area contributed by atoms with E-state index in [2.05, 4.69) is 10.0 Å². The van der Waals surface area contributed by atoms with Gasteiger partial charge in [-0.1, -0.05) is 96.5 Å². The molecule has 6 rings (SSSR count). The second kappa shape index (κ2) is 15.0. The molecule has 0 aliphatic heterocycles. The summed E-state index contributed by atoms with van der Waals surface area (Å²) in [5.74, 6) is -0.701. The summed E-state index contributed by atoms with van der Waals surface area (Å²) in [7, 11) is -0.469. The van der Waals surface area contributed by atoms with Crippen molar-refractivity contribution in [2.24, 2.45) is 0 Å². The molecule has 11 heteroatoms. The summed E-state index contributed by atoms with van der Waals surface area (Å²) in [4.78, 5) is 27.9. The number of carboxylic acids is 1. The fraction of sp³-hybridized carbons (Fsp3) is 0.100. The summed E-state index contributed by atoms with van der Waals surface area (Å²) in [6.07, 6.45) is -0.0324. The Labute approximate surface area is 301 Å². The lowest BCUT2D eigenvalue weighted by Gasteiger charge is -2.19. The van der Waals surface area contributed by atoms with E-state index in [4.69, 9.17) is 16.3 Å². The highest BCUT2D eigenvalue weighted by atomic mass is 35.5. The van der Waals surface area contributed by atoms with Gasteiger partial charge in [0.15, 0.2) is 0 Å². The van der Waals surface area contributed by atoms with Crippen LogP contribution in [0.5, 0.6) is 11.5 Å². The molecule has 0 fully saturated rings. The number of carbonyl (C=O) groups is 2. The van der Waals surface area contributed by atoms with E-state index in [1.807, 2.05) is 97.9 Å². The number of carbonyl (C=O) groups excluding carboxylic acids is 1. The Hall–Kier alpha value is -5.84. The first-order chi connectivity index (χ1) is 24.5. The molecule has 0 unspecified atom stereocenters. The molecule has 0 aliphatic carbocycles. The molecule has 6 aromatic carbocycles. The molecule has 0 radical (unpaired) electrons. The maximum Gasteiger partial charge on any atom is 0.326 e. The Bertz CT molecular complexity index is 2330. The Morgan fingerprint density at radius 1 is 0.804 bits per heavy atom. The number of ether oxygens (including phenoxy) is 1. The highest BCUT2D eigenvalue weighted by Gasteiger charge is 2.26. The fourth-order valence-electron chi connectivity index (χ4n) is 5.78. The van der Waals surface area contributed by atoms with Gasteiger partial charge in [-0.05, 0) is 59.7 Å². The third kappa shape index (κ3) is 7.98. The van der Waals surface area contributed by atoms with E-state index >= 15 is 0 Å². The zero-order chi connectivity index (χ0) is 36.1. The Morgan fingerprint density at radius 3 is 2.22 bits per heavy atom. The molecule has 1 atom stereocenters. The minimum Gasteiger partial charge on any atom is -0.480 e. The van der Waals surface area contributed by atoms with Gasteiger partial charge in [-0.3, -0.25) is 9.52 Å². The van der Waals surface area contributed by atoms with Crippen LogP contribution in [0.25, 0.3) is 21.9 Å². The number of hydrogen-bond acceptors (Lipinski definition) is 6. The Morgan fingerprint density at radius 2 is 1.49 bits per heavy atom. The van der Waals surface area contributed by atoms with Crippen LogP contribution in [0.15, 0.2) is 138 Å². The standard InChI is InChI=1S/C40H34ClN3O6S/c1-44(2)36-15-8-14-32-31(36)13-9-17-38(32)51(48,49)43-34-23-22-28(41)25-33(34)39(45)42-35(40(46)47)24-26-18-20-27(21-19-26)30-12-6-7-16-37(30)50-29-10-4-3-5-11-29/h3-23,25,35,43H,24H2,1-2H3,(H,42,45)(H,46,47)/t35-/m0/s1. The lowest BCUT2D eigenvalue weighted by atomic mass is 9.99. The average Bonchev–Trinajstić information content (AvgIpc) is 3.12. The van der Waals surface area contributed by atoms with E-state index in [1.165, 1.54) is 24.3 Å². The lowest BCUT2D eigenvalue weighted by Crippen LogP contribution is -2.42. The molecule has 0 saturated carbocycles. The minimum absolute atomic E-state index is 0.0196. The number of amides is 1. The number of fused-ring (bicyclic) bond motifs is 1. The van der Waals surface area contributed by atoms with Gasteiger partial charge in [-0.25, -0.2) is 13.2 Å². The molecule has 9 nitrogen and oxygen atoms in total. The second-order valence-corrected chi connectivity index (χ2v) is 14.1. The number of benzene rings is 6. The normalized spacial score (nSPS) is 11.8. The van der Waals surface area contributed by atoms with Gasteiger partial charge in [0.2, 0.25) is 0 Å². The summed E-state index contributed by atoms with van der Waals surface area (Å²) in [5.41, 5.74) is 3.04. The number of sulfonamides is 1. The zero-order valence-corrected chi connectivity index (χ0v) is 29.3. The molecule has 3 N–H and O–H groups in total. The molecule has 0 aromatic heterocycles. The van der Waals surface area contributed by atoms with Crippen molar-refractivity contribution in [2.45, 2.75) is 17.4 Å². The molecule has 258 valence electrons. The molecule has 1 amide bonds. The van der Waals surface area contributed by atoms with Gasteiger partial charge < -0.3 is 20.1 Å². The molecule has 0 spiro atoms. The third-order valence-electron chi connectivity index (χ3n) is 8.27. The third-order valence-corrected chi connectivity index (χ3v) is 9.93. The van der Waals surface area contributed by atoms with E-state index < -0.39 is 27.9 Å². The fourth-order valence-corrected chi connectivity index (χ4v) is 7.26. The largest absolute Gasteiger partial charge is 0.480 e. The van der Waals surface area contributed by atoms with E-state index in [-0.39, 0.29) is 27.6 Å². The first-order valence-corrected chi connectivity index (χ1v) is 17.8. The van der Waals surface area contributed by atoms with Crippen LogP contribution in [-0.4, -0.2) is 45.5 Å². The summed E-state index contributed by atoms with van der Waals surface area (Å²) in [6, 6.07) is 37.5. The number of nitrogens with one attached hydrogen (secondary N) is 2. The summed E-state index contributed by atoms with van der Waals surface area (Å²) in [6.45, 7) is 0. The van der Waals surface area contributed by atoms with Crippen molar-refractivity contribution >= 4 is 55.6 Å². The number of nitrogens with zero attached hydrogens (tertiary/aromatic N) is 1. The number of halogens is 1. The van der Waals surface area contributed by atoms with Crippen molar-refractivity contribution < 1.29 is 27.9 Å². The summed E-state index contributed by atoms with van der Waals surface area (Å²) in [5, 5.41) is 14.0. The molecule has 6 aromatic rings. The van der Waals surface area contributed by atoms with Crippen molar-refractivity contribution in [3.8, 4) is 22.6 Å². The molecular weight excluding hydrogens is 686 g/mol. The van der Waals surface area contributed by atoms with Crippen LogP contribution in [0.3, 0.4) is 0 Å². The SMILES string of the molecule is CN(C)c1cccc2c(S(=O)(=O)Nc3ccc(Cl)cc3C(=O)N[C@@H](Cc3ccc(-c4ccccc4Oc4ccccc4)cc3)C(=O)O)cccc12. The second-order valence-electron chi connectivity index (χ2n) is 12.0. The Kier molecular flexibility index (Phi) is 10.3. The monoisotopic (exact) mass is 719 g/mol. The maximum absolute atomic E-state index is 13.8. The molecule has 51 heavy (non-hydrogen) atoms. The Balaban J connectivity index is 1.21. The summed E-state index contributed by atoms with van der Waals surface area (Å²) < 4.78 is 36.2. The van der Waals surface area contributed by atoms with Gasteiger partial charge in [0, 0.05) is 47.6 Å². The molecular formula is C40H34ClN3O6S. The van der Waals surface area contributed by atoms with Crippen LogP contribution in [0, 0.1) is 0 Å². The first-order valence-electron chi connectivity index (χ1n) is 16.0. The number of carboxylic acid groups (broad SMARTS) is 1. The number of hydrogen-bond donors (Lipinski definition) is 3. The van der Waals surface area contributed by atoms with Gasteiger partial charge in [0.25, 0.3) is 15.9 Å². The van der Waals surface area contributed by atoms with Crippen LogP contribution in [0.4, 0.5) is 11.4 Å². The summed E-state index contributed by atoms with van der Waals surface area (Å²) >= 11 is 6.24. The highest BCUT2D eigenvalue weighted by Crippen LogP contribution is 2.34. The average molecular weight is 720 g/mol. The van der Waals surface area contributed by atoms with Gasteiger partial charge in [-0.15, -0.1) is 0 Å². The predicted octanol–water partition coefficient (Wildman–Crippen LogP) is 8.25. The van der Waals surface area contributed by atoms with Crippen LogP contribution >= 0.6 is 11.6 Å². The highest BCUT2D eigenvalue weighted by molar-refractivity contribution is 7.93. The van der Waals surface area contributed by atoms with E-state index in [0.717, 1.165) is 22.2 Å². The van der Waals surface area contributed by atoms with Gasteiger partial charge in [0.1, 0.15) is 17.5 Å². The van der Waals surface area contributed by atoms with Crippen molar-refractivity contribution in [1.82, 2.24) is 5.32 Å². The number of aliphatic carboxylic acids is 1. The quantitative estimate of drug-likeness (QED) is 0.116. The zero-order valence-electron chi connectivity index (χ0n) is 27.7. The topological polar surface area (TPSA) is 125 Å². The van der Waals surface area contributed by atoms with Crippen molar-refractivity contribution in [2.75, 3.05) is 23.7 Å².